The van der Waals surface area contributed by atoms with E-state index in [4.69, 9.17) is 0 Å². The lowest BCUT2D eigenvalue weighted by Gasteiger charge is -2.25. The predicted molar refractivity (Wildman–Crippen MR) is 77.8 cm³/mol. The van der Waals surface area contributed by atoms with E-state index in [2.05, 4.69) is 5.32 Å². The van der Waals surface area contributed by atoms with Gasteiger partial charge in [0.05, 0.1) is 6.54 Å². The molecule has 1 fully saturated rings. The Kier molecular flexibility index (Phi) is 5.28. The Bertz CT molecular complexity index is 501. The van der Waals surface area contributed by atoms with Crippen LogP contribution in [-0.2, 0) is 4.79 Å². The molecule has 1 N–H and O–H groups in total. The number of benzene rings is 1. The molecule has 1 atom stereocenters. The summed E-state index contributed by atoms with van der Waals surface area (Å²) in [7, 11) is 1.81. The lowest BCUT2D eigenvalue weighted by Crippen LogP contribution is -2.40. The number of hydrogen-bond acceptors (Lipinski definition) is 2. The van der Waals surface area contributed by atoms with Crippen molar-refractivity contribution in [3.8, 4) is 0 Å². The Morgan fingerprint density at radius 2 is 2.00 bits per heavy atom. The molecule has 2 rings (SSSR count). The van der Waals surface area contributed by atoms with Crippen LogP contribution in [0.5, 0.6) is 0 Å². The second-order valence-electron chi connectivity index (χ2n) is 5.81. The third kappa shape index (κ3) is 4.24. The van der Waals surface area contributed by atoms with Crippen molar-refractivity contribution in [1.82, 2.24) is 10.2 Å². The summed E-state index contributed by atoms with van der Waals surface area (Å²) in [5.41, 5.74) is 0.657. The van der Waals surface area contributed by atoms with Crippen LogP contribution in [0.25, 0.3) is 0 Å². The summed E-state index contributed by atoms with van der Waals surface area (Å²) in [6, 6.07) is 3.99. The van der Waals surface area contributed by atoms with Crippen molar-refractivity contribution in [3.63, 3.8) is 0 Å². The standard InChI is InChI=1S/C16H22F2N2O/c1-11(12-7-8-14(17)15(18)9-12)20(2)10-16(21)19-13-5-3-4-6-13/h7-9,11,13H,3-6,10H2,1-2H3,(H,19,21). The number of amides is 1. The molecule has 1 unspecified atom stereocenters. The molecule has 1 aliphatic rings. The molecule has 1 aromatic carbocycles. The normalized spacial score (nSPS) is 17.2. The van der Waals surface area contributed by atoms with E-state index in [1.807, 2.05) is 11.8 Å². The molecule has 0 saturated heterocycles. The van der Waals surface area contributed by atoms with Crippen molar-refractivity contribution in [3.05, 3.63) is 35.4 Å². The molecule has 0 radical (unpaired) electrons. The van der Waals surface area contributed by atoms with Gasteiger partial charge in [0, 0.05) is 12.1 Å². The van der Waals surface area contributed by atoms with E-state index in [-0.39, 0.29) is 18.5 Å². The van der Waals surface area contributed by atoms with E-state index in [0.29, 0.717) is 11.6 Å². The van der Waals surface area contributed by atoms with E-state index in [1.54, 1.807) is 13.1 Å². The van der Waals surface area contributed by atoms with Gasteiger partial charge in [0.1, 0.15) is 0 Å². The zero-order valence-corrected chi connectivity index (χ0v) is 12.5. The molecule has 0 aromatic heterocycles. The van der Waals surface area contributed by atoms with Crippen LogP contribution in [-0.4, -0.2) is 30.4 Å². The Labute approximate surface area is 124 Å². The van der Waals surface area contributed by atoms with Crippen LogP contribution in [0.4, 0.5) is 8.78 Å². The Hall–Kier alpha value is -1.49. The smallest absolute Gasteiger partial charge is 0.234 e. The van der Waals surface area contributed by atoms with Gasteiger partial charge in [-0.05, 0) is 44.5 Å². The molecule has 0 spiro atoms. The van der Waals surface area contributed by atoms with Crippen LogP contribution in [0, 0.1) is 11.6 Å². The number of hydrogen-bond donors (Lipinski definition) is 1. The lowest BCUT2D eigenvalue weighted by atomic mass is 10.1. The zero-order valence-electron chi connectivity index (χ0n) is 12.5. The molecule has 5 heteroatoms. The van der Waals surface area contributed by atoms with E-state index < -0.39 is 11.6 Å². The summed E-state index contributed by atoms with van der Waals surface area (Å²) in [6.45, 7) is 2.12. The van der Waals surface area contributed by atoms with Gasteiger partial charge in [-0.25, -0.2) is 8.78 Å². The van der Waals surface area contributed by atoms with Crippen LogP contribution >= 0.6 is 0 Å². The second-order valence-corrected chi connectivity index (χ2v) is 5.81. The number of nitrogens with one attached hydrogen (secondary N) is 1. The van der Waals surface area contributed by atoms with Crippen molar-refractivity contribution in [2.24, 2.45) is 0 Å². The Morgan fingerprint density at radius 3 is 2.62 bits per heavy atom. The van der Waals surface area contributed by atoms with Crippen LogP contribution in [0.3, 0.4) is 0 Å². The van der Waals surface area contributed by atoms with E-state index in [9.17, 15) is 13.6 Å². The minimum atomic E-state index is -0.858. The summed E-state index contributed by atoms with van der Waals surface area (Å²) >= 11 is 0. The molecule has 1 aliphatic carbocycles. The van der Waals surface area contributed by atoms with Gasteiger partial charge in [0.15, 0.2) is 11.6 Å². The van der Waals surface area contributed by atoms with Crippen molar-refractivity contribution in [1.29, 1.82) is 0 Å². The van der Waals surface area contributed by atoms with Crippen molar-refractivity contribution in [2.75, 3.05) is 13.6 Å². The Balaban J connectivity index is 1.90. The van der Waals surface area contributed by atoms with Crippen LogP contribution in [0.2, 0.25) is 0 Å². The fourth-order valence-corrected chi connectivity index (χ4v) is 2.73. The average molecular weight is 296 g/mol. The average Bonchev–Trinajstić information content (AvgIpc) is 2.93. The van der Waals surface area contributed by atoms with Crippen LogP contribution < -0.4 is 5.32 Å². The van der Waals surface area contributed by atoms with Gasteiger partial charge in [-0.3, -0.25) is 9.69 Å². The Morgan fingerprint density at radius 1 is 1.33 bits per heavy atom. The predicted octanol–water partition coefficient (Wildman–Crippen LogP) is 3.02. The van der Waals surface area contributed by atoms with Gasteiger partial charge in [-0.2, -0.15) is 0 Å². The fraction of sp³-hybridized carbons (Fsp3) is 0.562. The third-order valence-electron chi connectivity index (χ3n) is 4.20. The van der Waals surface area contributed by atoms with Gasteiger partial charge >= 0.3 is 0 Å². The van der Waals surface area contributed by atoms with Crippen LogP contribution in [0.15, 0.2) is 18.2 Å². The number of carbonyl (C=O) groups is 1. The van der Waals surface area contributed by atoms with Gasteiger partial charge < -0.3 is 5.32 Å². The maximum Gasteiger partial charge on any atom is 0.234 e. The maximum atomic E-state index is 13.3. The largest absolute Gasteiger partial charge is 0.352 e. The molecule has 1 amide bonds. The van der Waals surface area contributed by atoms with Crippen molar-refractivity contribution >= 4 is 5.91 Å². The minimum absolute atomic E-state index is 0.0150. The highest BCUT2D eigenvalue weighted by Crippen LogP contribution is 2.21. The topological polar surface area (TPSA) is 32.3 Å². The molecular weight excluding hydrogens is 274 g/mol. The summed E-state index contributed by atoms with van der Waals surface area (Å²) in [4.78, 5) is 13.8. The minimum Gasteiger partial charge on any atom is -0.352 e. The molecule has 0 aliphatic heterocycles. The summed E-state index contributed by atoms with van der Waals surface area (Å²) in [6.07, 6.45) is 4.44. The van der Waals surface area contributed by atoms with Crippen molar-refractivity contribution in [2.45, 2.75) is 44.7 Å². The first-order chi connectivity index (χ1) is 9.97. The highest BCUT2D eigenvalue weighted by atomic mass is 19.2. The molecule has 21 heavy (non-hydrogen) atoms. The van der Waals surface area contributed by atoms with Gasteiger partial charge in [-0.1, -0.05) is 18.9 Å². The monoisotopic (exact) mass is 296 g/mol. The molecule has 116 valence electrons. The first-order valence-electron chi connectivity index (χ1n) is 7.42. The number of nitrogens with zero attached hydrogens (tertiary/aromatic N) is 1. The first kappa shape index (κ1) is 15.9. The fourth-order valence-electron chi connectivity index (χ4n) is 2.73. The third-order valence-corrected chi connectivity index (χ3v) is 4.20. The van der Waals surface area contributed by atoms with Crippen molar-refractivity contribution < 1.29 is 13.6 Å². The molecule has 3 nitrogen and oxygen atoms in total. The van der Waals surface area contributed by atoms with E-state index in [1.165, 1.54) is 18.9 Å². The molecule has 0 heterocycles. The quantitative estimate of drug-likeness (QED) is 0.906. The van der Waals surface area contributed by atoms with E-state index in [0.717, 1.165) is 18.9 Å². The van der Waals surface area contributed by atoms with Gasteiger partial charge in [-0.15, -0.1) is 0 Å². The molecular formula is C16H22F2N2O. The second kappa shape index (κ2) is 6.98. The number of likely N-dealkylation sites (N-methyl/N-ethyl adjacent to an activating group) is 1. The number of halogens is 2. The summed E-state index contributed by atoms with van der Waals surface area (Å²) < 4.78 is 26.2. The summed E-state index contributed by atoms with van der Waals surface area (Å²) in [5, 5.41) is 3.02. The highest BCUT2D eigenvalue weighted by molar-refractivity contribution is 5.78. The maximum absolute atomic E-state index is 13.3. The number of rotatable bonds is 5. The number of carbonyl (C=O) groups excluding carboxylic acids is 1. The van der Waals surface area contributed by atoms with Gasteiger partial charge in [0.2, 0.25) is 5.91 Å². The first-order valence-corrected chi connectivity index (χ1v) is 7.42. The SMILES string of the molecule is CC(c1ccc(F)c(F)c1)N(C)CC(=O)NC1CCCC1. The summed E-state index contributed by atoms with van der Waals surface area (Å²) in [5.74, 6) is -1.73. The molecule has 1 saturated carbocycles. The van der Waals surface area contributed by atoms with E-state index >= 15 is 0 Å². The zero-order chi connectivity index (χ0) is 15.4. The van der Waals surface area contributed by atoms with Crippen LogP contribution in [0.1, 0.15) is 44.2 Å². The molecule has 0 bridgehead atoms. The lowest BCUT2D eigenvalue weighted by molar-refractivity contribution is -0.123. The molecule has 1 aromatic rings. The van der Waals surface area contributed by atoms with Gasteiger partial charge in [0.25, 0.3) is 0 Å². The highest BCUT2D eigenvalue weighted by Gasteiger charge is 2.20.